The van der Waals surface area contributed by atoms with Crippen molar-refractivity contribution in [2.75, 3.05) is 7.05 Å². The maximum atomic E-state index is 13.0. The van der Waals surface area contributed by atoms with E-state index in [2.05, 4.69) is 51.3 Å². The fourth-order valence-electron chi connectivity index (χ4n) is 4.40. The number of ether oxygens (including phenoxy) is 1. The zero-order valence-corrected chi connectivity index (χ0v) is 22.5. The molecule has 1 heterocycles. The topological polar surface area (TPSA) is 122 Å². The van der Waals surface area contributed by atoms with Gasteiger partial charge < -0.3 is 15.4 Å². The summed E-state index contributed by atoms with van der Waals surface area (Å²) in [6, 6.07) is 12.4. The highest BCUT2D eigenvalue weighted by Gasteiger charge is 2.39. The number of nitro benzene ring substituents is 1. The van der Waals surface area contributed by atoms with Crippen molar-refractivity contribution in [1.82, 2.24) is 4.90 Å². The van der Waals surface area contributed by atoms with Gasteiger partial charge in [-0.2, -0.15) is 5.26 Å². The van der Waals surface area contributed by atoms with Gasteiger partial charge in [0.1, 0.15) is 18.2 Å². The molecule has 0 aromatic heterocycles. The molecular formula is C24H20I2N4O4. The second-order valence-corrected chi connectivity index (χ2v) is 10.4. The van der Waals surface area contributed by atoms with Gasteiger partial charge >= 0.3 is 0 Å². The Morgan fingerprint density at radius 3 is 2.62 bits per heavy atom. The van der Waals surface area contributed by atoms with E-state index in [9.17, 15) is 20.2 Å². The molecule has 8 nitrogen and oxygen atoms in total. The summed E-state index contributed by atoms with van der Waals surface area (Å²) in [6.45, 7) is 0.172. The van der Waals surface area contributed by atoms with Crippen LogP contribution in [-0.2, 0) is 11.4 Å². The smallest absolute Gasteiger partial charge is 0.269 e. The second kappa shape index (κ2) is 9.91. The third-order valence-electron chi connectivity index (χ3n) is 6.03. The number of Topliss-reactive ketones (excluding diaryl/α,β-unsaturated/α-hetero) is 1. The zero-order chi connectivity index (χ0) is 24.6. The Kier molecular flexibility index (Phi) is 7.13. The molecule has 1 aliphatic carbocycles. The quantitative estimate of drug-likeness (QED) is 0.264. The zero-order valence-electron chi connectivity index (χ0n) is 18.2. The number of carbonyl (C=O) groups is 1. The van der Waals surface area contributed by atoms with Gasteiger partial charge in [-0.15, -0.1) is 0 Å². The van der Waals surface area contributed by atoms with E-state index in [1.807, 2.05) is 12.1 Å². The van der Waals surface area contributed by atoms with Crippen LogP contribution in [0.2, 0.25) is 0 Å². The number of allylic oxidation sites excluding steroid dienone is 3. The van der Waals surface area contributed by atoms with Crippen LogP contribution in [0, 0.1) is 28.6 Å². The summed E-state index contributed by atoms with van der Waals surface area (Å²) in [4.78, 5) is 25.3. The number of ketones is 1. The van der Waals surface area contributed by atoms with Crippen LogP contribution >= 0.6 is 45.2 Å². The van der Waals surface area contributed by atoms with Crippen LogP contribution in [-0.4, -0.2) is 22.7 Å². The molecule has 0 radical (unpaired) electrons. The number of nitriles is 1. The van der Waals surface area contributed by atoms with Gasteiger partial charge in [-0.25, -0.2) is 0 Å². The highest BCUT2D eigenvalue weighted by Crippen LogP contribution is 2.45. The Morgan fingerprint density at radius 1 is 1.26 bits per heavy atom. The molecule has 2 aliphatic rings. The molecule has 10 heteroatoms. The molecule has 0 bridgehead atoms. The first-order valence-corrected chi connectivity index (χ1v) is 12.6. The molecule has 0 unspecified atom stereocenters. The van der Waals surface area contributed by atoms with E-state index in [4.69, 9.17) is 10.5 Å². The van der Waals surface area contributed by atoms with Crippen molar-refractivity contribution in [3.63, 3.8) is 0 Å². The van der Waals surface area contributed by atoms with Gasteiger partial charge in [0.25, 0.3) is 5.69 Å². The van der Waals surface area contributed by atoms with Crippen LogP contribution in [0.25, 0.3) is 0 Å². The number of hydrogen-bond acceptors (Lipinski definition) is 7. The third-order valence-corrected chi connectivity index (χ3v) is 7.63. The largest absolute Gasteiger partial charge is 0.487 e. The molecular weight excluding hydrogens is 662 g/mol. The van der Waals surface area contributed by atoms with Crippen LogP contribution in [0.15, 0.2) is 59.1 Å². The van der Waals surface area contributed by atoms with Crippen molar-refractivity contribution in [3.05, 3.63) is 87.4 Å². The molecule has 0 amide bonds. The number of non-ortho nitro benzene ring substituents is 1. The molecule has 1 aliphatic heterocycles. The Hall–Kier alpha value is -2.66. The summed E-state index contributed by atoms with van der Waals surface area (Å²) in [7, 11) is 1.80. The predicted octanol–water partition coefficient (Wildman–Crippen LogP) is 5.11. The average Bonchev–Trinajstić information content (AvgIpc) is 2.81. The number of halogens is 2. The molecule has 2 N–H and O–H groups in total. The van der Waals surface area contributed by atoms with E-state index in [1.165, 1.54) is 12.1 Å². The maximum Gasteiger partial charge on any atom is 0.269 e. The number of nitrogens with zero attached hydrogens (tertiary/aromatic N) is 3. The van der Waals surface area contributed by atoms with E-state index in [1.54, 1.807) is 24.1 Å². The molecule has 0 saturated heterocycles. The van der Waals surface area contributed by atoms with Crippen LogP contribution in [0.3, 0.4) is 0 Å². The lowest BCUT2D eigenvalue weighted by atomic mass is 9.76. The van der Waals surface area contributed by atoms with Crippen molar-refractivity contribution in [1.29, 1.82) is 5.26 Å². The first-order chi connectivity index (χ1) is 16.2. The highest BCUT2D eigenvalue weighted by atomic mass is 127. The van der Waals surface area contributed by atoms with Crippen LogP contribution in [0.1, 0.15) is 36.3 Å². The Balaban J connectivity index is 1.70. The van der Waals surface area contributed by atoms with E-state index in [-0.39, 0.29) is 18.1 Å². The lowest BCUT2D eigenvalue weighted by Gasteiger charge is -2.37. The van der Waals surface area contributed by atoms with Crippen LogP contribution < -0.4 is 10.5 Å². The summed E-state index contributed by atoms with van der Waals surface area (Å²) in [5, 5.41) is 21.0. The minimum Gasteiger partial charge on any atom is -0.487 e. The van der Waals surface area contributed by atoms with Crippen molar-refractivity contribution in [2.24, 2.45) is 5.73 Å². The fraction of sp³-hybridized carbons (Fsp3) is 0.250. The molecule has 1 atom stereocenters. The monoisotopic (exact) mass is 682 g/mol. The van der Waals surface area contributed by atoms with Gasteiger partial charge in [0, 0.05) is 36.9 Å². The molecule has 2 aromatic carbocycles. The van der Waals surface area contributed by atoms with Gasteiger partial charge in [-0.05, 0) is 81.3 Å². The number of hydrogen-bond donors (Lipinski definition) is 1. The number of nitro groups is 1. The van der Waals surface area contributed by atoms with E-state index < -0.39 is 10.8 Å². The molecule has 2 aromatic rings. The van der Waals surface area contributed by atoms with Crippen molar-refractivity contribution < 1.29 is 14.5 Å². The average molecular weight is 682 g/mol. The number of benzene rings is 2. The Morgan fingerprint density at radius 2 is 1.97 bits per heavy atom. The summed E-state index contributed by atoms with van der Waals surface area (Å²) in [5.74, 6) is 0.548. The number of carbonyl (C=O) groups excluding carboxylic acids is 1. The highest BCUT2D eigenvalue weighted by molar-refractivity contribution is 14.1. The minimum absolute atomic E-state index is 0.0118. The molecule has 0 fully saturated rings. The molecule has 0 spiro atoms. The minimum atomic E-state index is -0.517. The van der Waals surface area contributed by atoms with Gasteiger partial charge in [-0.1, -0.05) is 12.1 Å². The number of nitrogens with two attached hydrogens (primary N) is 1. The van der Waals surface area contributed by atoms with E-state index >= 15 is 0 Å². The molecule has 4 rings (SSSR count). The van der Waals surface area contributed by atoms with Crippen molar-refractivity contribution in [2.45, 2.75) is 31.8 Å². The van der Waals surface area contributed by atoms with E-state index in [0.717, 1.165) is 31.2 Å². The summed E-state index contributed by atoms with van der Waals surface area (Å²) in [5.41, 5.74) is 9.74. The van der Waals surface area contributed by atoms with Crippen LogP contribution in [0.5, 0.6) is 5.75 Å². The lowest BCUT2D eigenvalue weighted by molar-refractivity contribution is -0.384. The molecule has 0 saturated carbocycles. The number of rotatable bonds is 5. The summed E-state index contributed by atoms with van der Waals surface area (Å²) in [6.07, 6.45) is 1.97. The maximum absolute atomic E-state index is 13.0. The predicted molar refractivity (Wildman–Crippen MR) is 143 cm³/mol. The first kappa shape index (κ1) is 24.5. The third kappa shape index (κ3) is 4.50. The Bertz CT molecular complexity index is 1290. The standard InChI is InChI=1S/C24H20I2N4O4/c1-29-19-6-3-7-20(31)22(19)21(16(11-27)24(29)28)14-9-17(25)23(18(26)10-14)34-12-13-4-2-5-15(8-13)30(32)33/h2,4-5,8-10,21H,3,6-7,12,28H2,1H3/t21-/m1/s1. The molecule has 34 heavy (non-hydrogen) atoms. The first-order valence-electron chi connectivity index (χ1n) is 10.5. The summed E-state index contributed by atoms with van der Waals surface area (Å²) < 4.78 is 7.64. The fourth-order valence-corrected chi connectivity index (χ4v) is 6.52. The molecule has 174 valence electrons. The van der Waals surface area contributed by atoms with Gasteiger partial charge in [0.2, 0.25) is 0 Å². The normalized spacial score (nSPS) is 18.0. The van der Waals surface area contributed by atoms with Crippen molar-refractivity contribution in [3.8, 4) is 11.8 Å². The van der Waals surface area contributed by atoms with Gasteiger partial charge in [0.15, 0.2) is 5.78 Å². The van der Waals surface area contributed by atoms with Crippen LogP contribution in [0.4, 0.5) is 5.69 Å². The second-order valence-electron chi connectivity index (χ2n) is 8.07. The Labute approximate surface area is 223 Å². The van der Waals surface area contributed by atoms with Gasteiger partial charge in [0.05, 0.1) is 29.6 Å². The summed E-state index contributed by atoms with van der Waals surface area (Å²) >= 11 is 4.34. The van der Waals surface area contributed by atoms with E-state index in [0.29, 0.717) is 34.7 Å². The van der Waals surface area contributed by atoms with Crippen molar-refractivity contribution >= 4 is 56.7 Å². The van der Waals surface area contributed by atoms with Gasteiger partial charge in [-0.3, -0.25) is 14.9 Å². The lowest BCUT2D eigenvalue weighted by Crippen LogP contribution is -2.36. The SMILES string of the molecule is CN1C(N)=C(C#N)[C@@H](c2cc(I)c(OCc3cccc([N+](=O)[O-])c3)c(I)c2)C2=C1CCCC2=O.